The minimum Gasteiger partial charge on any atom is -0.387 e. The molecule has 0 amide bonds. The van der Waals surface area contributed by atoms with E-state index in [2.05, 4.69) is 15.2 Å². The number of benzene rings is 1. The molecular formula is C17H23N3O. The van der Waals surface area contributed by atoms with Gasteiger partial charge in [0.25, 0.3) is 0 Å². The molecule has 1 heterocycles. The van der Waals surface area contributed by atoms with E-state index in [1.807, 2.05) is 57.5 Å². The summed E-state index contributed by atoms with van der Waals surface area (Å²) in [4.78, 5) is 6.23. The van der Waals surface area contributed by atoms with Crippen molar-refractivity contribution in [1.82, 2.24) is 10.3 Å². The number of rotatable bonds is 6. The van der Waals surface area contributed by atoms with Gasteiger partial charge in [0.05, 0.1) is 6.10 Å². The number of pyridine rings is 1. The van der Waals surface area contributed by atoms with Crippen molar-refractivity contribution in [3.63, 3.8) is 0 Å². The van der Waals surface area contributed by atoms with E-state index in [1.54, 1.807) is 6.20 Å². The highest BCUT2D eigenvalue weighted by atomic mass is 16.3. The van der Waals surface area contributed by atoms with Crippen LogP contribution >= 0.6 is 0 Å². The van der Waals surface area contributed by atoms with Gasteiger partial charge in [-0.3, -0.25) is 4.98 Å². The van der Waals surface area contributed by atoms with Gasteiger partial charge in [0.2, 0.25) is 0 Å². The molecule has 0 aliphatic carbocycles. The van der Waals surface area contributed by atoms with Gasteiger partial charge in [0.15, 0.2) is 0 Å². The largest absolute Gasteiger partial charge is 0.387 e. The summed E-state index contributed by atoms with van der Waals surface area (Å²) in [5.41, 5.74) is 4.40. The minimum absolute atomic E-state index is 0.495. The standard InChI is InChI=1S/C17H23N3O/c1-13-4-6-14(7-5-13)17(21)12-19-11-15-10-18-9-8-16(15)20(2)3/h4-10,17,19,21H,11-12H2,1-3H3/t17-/m0/s1. The van der Waals surface area contributed by atoms with Gasteiger partial charge in [0, 0.05) is 50.8 Å². The monoisotopic (exact) mass is 285 g/mol. The molecular weight excluding hydrogens is 262 g/mol. The summed E-state index contributed by atoms with van der Waals surface area (Å²) < 4.78 is 0. The molecule has 0 fully saturated rings. The van der Waals surface area contributed by atoms with Crippen LogP contribution in [0.2, 0.25) is 0 Å². The normalized spacial score (nSPS) is 12.2. The second-order valence-electron chi connectivity index (χ2n) is 5.46. The molecule has 0 spiro atoms. The Bertz CT molecular complexity index is 567. The Morgan fingerprint density at radius 3 is 2.57 bits per heavy atom. The van der Waals surface area contributed by atoms with Crippen molar-refractivity contribution in [3.8, 4) is 0 Å². The van der Waals surface area contributed by atoms with E-state index in [-0.39, 0.29) is 0 Å². The fourth-order valence-corrected chi connectivity index (χ4v) is 2.24. The highest BCUT2D eigenvalue weighted by molar-refractivity contribution is 5.50. The maximum Gasteiger partial charge on any atom is 0.0914 e. The average Bonchev–Trinajstić information content (AvgIpc) is 2.48. The zero-order chi connectivity index (χ0) is 15.2. The Hall–Kier alpha value is -1.91. The molecule has 1 aromatic carbocycles. The smallest absolute Gasteiger partial charge is 0.0914 e. The van der Waals surface area contributed by atoms with Gasteiger partial charge in [-0.2, -0.15) is 0 Å². The number of nitrogens with zero attached hydrogens (tertiary/aromatic N) is 2. The lowest BCUT2D eigenvalue weighted by Gasteiger charge is -2.18. The summed E-state index contributed by atoms with van der Waals surface area (Å²) in [6, 6.07) is 9.97. The van der Waals surface area contributed by atoms with Crippen LogP contribution in [0, 0.1) is 6.92 Å². The van der Waals surface area contributed by atoms with E-state index in [4.69, 9.17) is 0 Å². The van der Waals surface area contributed by atoms with Crippen LogP contribution < -0.4 is 10.2 Å². The molecule has 4 heteroatoms. The zero-order valence-electron chi connectivity index (χ0n) is 12.9. The van der Waals surface area contributed by atoms with Crippen LogP contribution in [0.15, 0.2) is 42.7 Å². The van der Waals surface area contributed by atoms with Crippen LogP contribution in [-0.2, 0) is 6.54 Å². The molecule has 2 aromatic rings. The van der Waals surface area contributed by atoms with Crippen molar-refractivity contribution >= 4 is 5.69 Å². The third kappa shape index (κ3) is 4.28. The predicted octanol–water partition coefficient (Wildman–Crippen LogP) is 2.28. The first kappa shape index (κ1) is 15.5. The molecule has 0 aliphatic rings. The van der Waals surface area contributed by atoms with E-state index in [0.717, 1.165) is 16.8 Å². The first-order valence-corrected chi connectivity index (χ1v) is 7.13. The first-order valence-electron chi connectivity index (χ1n) is 7.13. The molecule has 0 saturated carbocycles. The molecule has 1 aromatic heterocycles. The summed E-state index contributed by atoms with van der Waals surface area (Å²) >= 11 is 0. The molecule has 0 radical (unpaired) electrons. The lowest BCUT2D eigenvalue weighted by Crippen LogP contribution is -2.22. The lowest BCUT2D eigenvalue weighted by molar-refractivity contribution is 0.174. The summed E-state index contributed by atoms with van der Waals surface area (Å²) in [5.74, 6) is 0. The highest BCUT2D eigenvalue weighted by Gasteiger charge is 2.08. The third-order valence-corrected chi connectivity index (χ3v) is 3.47. The van der Waals surface area contributed by atoms with Gasteiger partial charge in [-0.05, 0) is 18.6 Å². The van der Waals surface area contributed by atoms with Crippen molar-refractivity contribution in [3.05, 3.63) is 59.4 Å². The van der Waals surface area contributed by atoms with Crippen LogP contribution in [0.3, 0.4) is 0 Å². The highest BCUT2D eigenvalue weighted by Crippen LogP contribution is 2.17. The SMILES string of the molecule is Cc1ccc([C@@H](O)CNCc2cnccc2N(C)C)cc1. The Morgan fingerprint density at radius 1 is 1.19 bits per heavy atom. The van der Waals surface area contributed by atoms with Crippen molar-refractivity contribution in [2.24, 2.45) is 0 Å². The molecule has 4 nitrogen and oxygen atoms in total. The topological polar surface area (TPSA) is 48.4 Å². The van der Waals surface area contributed by atoms with Gasteiger partial charge in [0.1, 0.15) is 0 Å². The molecule has 21 heavy (non-hydrogen) atoms. The maximum absolute atomic E-state index is 10.2. The van der Waals surface area contributed by atoms with E-state index in [9.17, 15) is 5.11 Å². The summed E-state index contributed by atoms with van der Waals surface area (Å²) in [5, 5.41) is 13.5. The van der Waals surface area contributed by atoms with Gasteiger partial charge < -0.3 is 15.3 Å². The van der Waals surface area contributed by atoms with Crippen molar-refractivity contribution in [2.45, 2.75) is 19.6 Å². The summed E-state index contributed by atoms with van der Waals surface area (Å²) in [6.07, 6.45) is 3.16. The summed E-state index contributed by atoms with van der Waals surface area (Å²) in [6.45, 7) is 3.24. The number of anilines is 1. The van der Waals surface area contributed by atoms with E-state index in [0.29, 0.717) is 13.1 Å². The fraction of sp³-hybridized carbons (Fsp3) is 0.353. The fourth-order valence-electron chi connectivity index (χ4n) is 2.24. The van der Waals surface area contributed by atoms with Crippen molar-refractivity contribution < 1.29 is 5.11 Å². The van der Waals surface area contributed by atoms with E-state index in [1.165, 1.54) is 5.56 Å². The second kappa shape index (κ2) is 7.20. The second-order valence-corrected chi connectivity index (χ2v) is 5.46. The number of aromatic nitrogens is 1. The third-order valence-electron chi connectivity index (χ3n) is 3.47. The molecule has 0 aliphatic heterocycles. The van der Waals surface area contributed by atoms with Crippen LogP contribution in [0.4, 0.5) is 5.69 Å². The first-order chi connectivity index (χ1) is 10.1. The maximum atomic E-state index is 10.2. The number of hydrogen-bond donors (Lipinski definition) is 2. The van der Waals surface area contributed by atoms with E-state index >= 15 is 0 Å². The number of hydrogen-bond acceptors (Lipinski definition) is 4. The minimum atomic E-state index is -0.495. The lowest BCUT2D eigenvalue weighted by atomic mass is 10.1. The Balaban J connectivity index is 1.91. The van der Waals surface area contributed by atoms with Crippen LogP contribution in [0.5, 0.6) is 0 Å². The molecule has 2 rings (SSSR count). The van der Waals surface area contributed by atoms with Crippen LogP contribution in [0.25, 0.3) is 0 Å². The molecule has 0 unspecified atom stereocenters. The quantitative estimate of drug-likeness (QED) is 0.855. The molecule has 0 saturated heterocycles. The van der Waals surface area contributed by atoms with Crippen LogP contribution in [0.1, 0.15) is 22.8 Å². The zero-order valence-corrected chi connectivity index (χ0v) is 12.9. The summed E-state index contributed by atoms with van der Waals surface area (Å²) in [7, 11) is 4.03. The van der Waals surface area contributed by atoms with Gasteiger partial charge >= 0.3 is 0 Å². The molecule has 0 bridgehead atoms. The van der Waals surface area contributed by atoms with E-state index < -0.39 is 6.10 Å². The Morgan fingerprint density at radius 2 is 1.90 bits per heavy atom. The molecule has 112 valence electrons. The van der Waals surface area contributed by atoms with Crippen LogP contribution in [-0.4, -0.2) is 30.7 Å². The number of aliphatic hydroxyl groups is 1. The Kier molecular flexibility index (Phi) is 5.31. The van der Waals surface area contributed by atoms with Gasteiger partial charge in [-0.25, -0.2) is 0 Å². The number of aryl methyl sites for hydroxylation is 1. The predicted molar refractivity (Wildman–Crippen MR) is 86.4 cm³/mol. The number of aliphatic hydroxyl groups excluding tert-OH is 1. The average molecular weight is 285 g/mol. The van der Waals surface area contributed by atoms with Gasteiger partial charge in [-0.1, -0.05) is 29.8 Å². The molecule has 1 atom stereocenters. The van der Waals surface area contributed by atoms with Crippen molar-refractivity contribution in [2.75, 3.05) is 25.5 Å². The number of nitrogens with one attached hydrogen (secondary N) is 1. The Labute approximate surface area is 126 Å². The molecule has 2 N–H and O–H groups in total. The van der Waals surface area contributed by atoms with Crippen molar-refractivity contribution in [1.29, 1.82) is 0 Å². The van der Waals surface area contributed by atoms with Gasteiger partial charge in [-0.15, -0.1) is 0 Å².